The predicted octanol–water partition coefficient (Wildman–Crippen LogP) is 2.58. The lowest BCUT2D eigenvalue weighted by Gasteiger charge is -2.20. The molecule has 0 radical (unpaired) electrons. The summed E-state index contributed by atoms with van der Waals surface area (Å²) in [6.45, 7) is 5.25. The lowest BCUT2D eigenvalue weighted by molar-refractivity contribution is 0.534. The molecule has 0 aliphatic carbocycles. The number of nitrogens with zero attached hydrogens (tertiary/aromatic N) is 2. The second kappa shape index (κ2) is 5.83. The van der Waals surface area contributed by atoms with Crippen LogP contribution in [0.15, 0.2) is 42.7 Å². The third kappa shape index (κ3) is 2.79. The van der Waals surface area contributed by atoms with Gasteiger partial charge in [0.1, 0.15) is 5.82 Å². The van der Waals surface area contributed by atoms with Crippen LogP contribution in [0.25, 0.3) is 0 Å². The van der Waals surface area contributed by atoms with Gasteiger partial charge in [-0.2, -0.15) is 0 Å². The van der Waals surface area contributed by atoms with Crippen LogP contribution >= 0.6 is 0 Å². The molecule has 3 nitrogen and oxygen atoms in total. The van der Waals surface area contributed by atoms with Crippen LogP contribution in [-0.2, 0) is 13.0 Å². The Morgan fingerprint density at radius 2 is 2.00 bits per heavy atom. The van der Waals surface area contributed by atoms with Crippen LogP contribution in [0, 0.1) is 0 Å². The summed E-state index contributed by atoms with van der Waals surface area (Å²) in [6, 6.07) is 10.5. The molecule has 2 aromatic rings. The molecule has 0 fully saturated rings. The van der Waals surface area contributed by atoms with E-state index in [1.807, 2.05) is 18.5 Å². The second-order valence-electron chi connectivity index (χ2n) is 4.70. The Kier molecular flexibility index (Phi) is 4.15. The summed E-state index contributed by atoms with van der Waals surface area (Å²) < 4.78 is 2.15. The van der Waals surface area contributed by atoms with Crippen molar-refractivity contribution in [1.82, 2.24) is 9.55 Å². The summed E-state index contributed by atoms with van der Waals surface area (Å²) in [4.78, 5) is 4.39. The standard InChI is InChI=1S/C15H21N3/c1-3-18-10-9-17-15(18)11-14(16)12(2)13-7-5-4-6-8-13/h4-10,12,14H,3,11,16H2,1-2H3. The molecule has 2 N–H and O–H groups in total. The van der Waals surface area contributed by atoms with Crippen LogP contribution < -0.4 is 5.73 Å². The molecule has 1 aromatic heterocycles. The van der Waals surface area contributed by atoms with Crippen molar-refractivity contribution in [3.05, 3.63) is 54.1 Å². The van der Waals surface area contributed by atoms with Gasteiger partial charge in [0, 0.05) is 31.4 Å². The molecule has 2 rings (SSSR count). The number of hydrogen-bond donors (Lipinski definition) is 1. The quantitative estimate of drug-likeness (QED) is 0.877. The summed E-state index contributed by atoms with van der Waals surface area (Å²) in [6.07, 6.45) is 4.67. The summed E-state index contributed by atoms with van der Waals surface area (Å²) in [5, 5.41) is 0. The summed E-state index contributed by atoms with van der Waals surface area (Å²) in [7, 11) is 0. The van der Waals surface area contributed by atoms with E-state index in [1.54, 1.807) is 0 Å². The zero-order valence-electron chi connectivity index (χ0n) is 11.1. The van der Waals surface area contributed by atoms with Crippen molar-refractivity contribution in [2.24, 2.45) is 5.73 Å². The summed E-state index contributed by atoms with van der Waals surface area (Å²) in [5.41, 5.74) is 7.60. The van der Waals surface area contributed by atoms with Gasteiger partial charge in [0.15, 0.2) is 0 Å². The van der Waals surface area contributed by atoms with Gasteiger partial charge < -0.3 is 10.3 Å². The highest BCUT2D eigenvalue weighted by Crippen LogP contribution is 2.19. The van der Waals surface area contributed by atoms with E-state index in [0.29, 0.717) is 5.92 Å². The van der Waals surface area contributed by atoms with Crippen LogP contribution in [0.3, 0.4) is 0 Å². The summed E-state index contributed by atoms with van der Waals surface area (Å²) in [5.74, 6) is 1.42. The molecule has 18 heavy (non-hydrogen) atoms. The number of aromatic nitrogens is 2. The summed E-state index contributed by atoms with van der Waals surface area (Å²) >= 11 is 0. The molecule has 0 saturated heterocycles. The van der Waals surface area contributed by atoms with E-state index in [1.165, 1.54) is 5.56 Å². The molecule has 0 aliphatic heterocycles. The average molecular weight is 243 g/mol. The van der Waals surface area contributed by atoms with Crippen molar-refractivity contribution < 1.29 is 0 Å². The number of imidazole rings is 1. The second-order valence-corrected chi connectivity index (χ2v) is 4.70. The van der Waals surface area contributed by atoms with E-state index in [9.17, 15) is 0 Å². The van der Waals surface area contributed by atoms with Crippen molar-refractivity contribution in [3.8, 4) is 0 Å². The maximum Gasteiger partial charge on any atom is 0.110 e. The molecule has 1 heterocycles. The number of benzene rings is 1. The first-order valence-electron chi connectivity index (χ1n) is 6.53. The smallest absolute Gasteiger partial charge is 0.110 e. The van der Waals surface area contributed by atoms with E-state index in [0.717, 1.165) is 18.8 Å². The Bertz CT molecular complexity index is 475. The lowest BCUT2D eigenvalue weighted by Crippen LogP contribution is -2.30. The highest BCUT2D eigenvalue weighted by molar-refractivity contribution is 5.20. The van der Waals surface area contributed by atoms with Crippen molar-refractivity contribution in [2.45, 2.75) is 38.8 Å². The minimum absolute atomic E-state index is 0.0973. The molecular formula is C15H21N3. The van der Waals surface area contributed by atoms with Crippen molar-refractivity contribution in [2.75, 3.05) is 0 Å². The Morgan fingerprint density at radius 1 is 1.28 bits per heavy atom. The molecule has 0 spiro atoms. The zero-order valence-corrected chi connectivity index (χ0v) is 11.1. The van der Waals surface area contributed by atoms with Crippen molar-refractivity contribution in [1.29, 1.82) is 0 Å². The van der Waals surface area contributed by atoms with E-state index in [4.69, 9.17) is 5.73 Å². The largest absolute Gasteiger partial charge is 0.335 e. The van der Waals surface area contributed by atoms with E-state index in [-0.39, 0.29) is 6.04 Å². The molecule has 0 aliphatic rings. The van der Waals surface area contributed by atoms with Gasteiger partial charge in [0.05, 0.1) is 0 Å². The van der Waals surface area contributed by atoms with E-state index < -0.39 is 0 Å². The van der Waals surface area contributed by atoms with Crippen LogP contribution in [0.5, 0.6) is 0 Å². The van der Waals surface area contributed by atoms with Crippen LogP contribution in [-0.4, -0.2) is 15.6 Å². The highest BCUT2D eigenvalue weighted by atomic mass is 15.1. The Balaban J connectivity index is 2.06. The molecule has 3 heteroatoms. The Hall–Kier alpha value is -1.61. The first-order chi connectivity index (χ1) is 8.72. The molecule has 0 saturated carbocycles. The zero-order chi connectivity index (χ0) is 13.0. The number of hydrogen-bond acceptors (Lipinski definition) is 2. The maximum atomic E-state index is 6.31. The van der Waals surface area contributed by atoms with Crippen LogP contribution in [0.4, 0.5) is 0 Å². The topological polar surface area (TPSA) is 43.8 Å². The third-order valence-electron chi connectivity index (χ3n) is 3.53. The minimum Gasteiger partial charge on any atom is -0.335 e. The highest BCUT2D eigenvalue weighted by Gasteiger charge is 2.17. The van der Waals surface area contributed by atoms with Crippen molar-refractivity contribution in [3.63, 3.8) is 0 Å². The van der Waals surface area contributed by atoms with Crippen LogP contribution in [0.2, 0.25) is 0 Å². The molecular weight excluding hydrogens is 222 g/mol. The molecule has 96 valence electrons. The average Bonchev–Trinajstić information content (AvgIpc) is 2.86. The lowest BCUT2D eigenvalue weighted by atomic mass is 9.92. The first kappa shape index (κ1) is 12.8. The SMILES string of the molecule is CCn1ccnc1CC(N)C(C)c1ccccc1. The molecule has 2 unspecified atom stereocenters. The molecule has 0 bridgehead atoms. The van der Waals surface area contributed by atoms with Crippen LogP contribution in [0.1, 0.15) is 31.2 Å². The normalized spacial score (nSPS) is 14.4. The van der Waals surface area contributed by atoms with Crippen molar-refractivity contribution >= 4 is 0 Å². The molecule has 0 amide bonds. The fraction of sp³-hybridized carbons (Fsp3) is 0.400. The third-order valence-corrected chi connectivity index (χ3v) is 3.53. The fourth-order valence-electron chi connectivity index (χ4n) is 2.21. The predicted molar refractivity (Wildman–Crippen MR) is 74.4 cm³/mol. The minimum atomic E-state index is 0.0973. The maximum absolute atomic E-state index is 6.31. The number of aryl methyl sites for hydroxylation is 1. The number of rotatable bonds is 5. The van der Waals surface area contributed by atoms with Gasteiger partial charge in [0.2, 0.25) is 0 Å². The molecule has 1 aromatic carbocycles. The van der Waals surface area contributed by atoms with Gasteiger partial charge in [-0.3, -0.25) is 0 Å². The number of nitrogens with two attached hydrogens (primary N) is 1. The first-order valence-corrected chi connectivity index (χ1v) is 6.53. The van der Waals surface area contributed by atoms with Gasteiger partial charge in [-0.1, -0.05) is 37.3 Å². The van der Waals surface area contributed by atoms with Gasteiger partial charge in [0.25, 0.3) is 0 Å². The van der Waals surface area contributed by atoms with Gasteiger partial charge in [-0.05, 0) is 18.4 Å². The van der Waals surface area contributed by atoms with E-state index >= 15 is 0 Å². The van der Waals surface area contributed by atoms with Gasteiger partial charge in [-0.15, -0.1) is 0 Å². The van der Waals surface area contributed by atoms with Gasteiger partial charge >= 0.3 is 0 Å². The van der Waals surface area contributed by atoms with E-state index in [2.05, 4.69) is 47.7 Å². The monoisotopic (exact) mass is 243 g/mol. The molecule has 2 atom stereocenters. The Labute approximate surface area is 109 Å². The Morgan fingerprint density at radius 3 is 2.67 bits per heavy atom. The van der Waals surface area contributed by atoms with Gasteiger partial charge in [-0.25, -0.2) is 4.98 Å². The fourth-order valence-corrected chi connectivity index (χ4v) is 2.21.